The van der Waals surface area contributed by atoms with Crippen LogP contribution < -0.4 is 0 Å². The van der Waals surface area contributed by atoms with E-state index in [-0.39, 0.29) is 5.91 Å². The van der Waals surface area contributed by atoms with Crippen molar-refractivity contribution in [2.24, 2.45) is 0 Å². The molecule has 1 aliphatic rings. The molecule has 1 unspecified atom stereocenters. The van der Waals surface area contributed by atoms with Gasteiger partial charge in [0.25, 0.3) is 0 Å². The summed E-state index contributed by atoms with van der Waals surface area (Å²) in [6, 6.07) is 10.1. The van der Waals surface area contributed by atoms with Crippen molar-refractivity contribution in [1.82, 2.24) is 4.90 Å². The molecule has 0 bridgehead atoms. The number of likely N-dealkylation sites (tertiary alicyclic amines) is 1. The van der Waals surface area contributed by atoms with Crippen molar-refractivity contribution in [1.29, 1.82) is 0 Å². The average Bonchev–Trinajstić information content (AvgIpc) is 2.76. The van der Waals surface area contributed by atoms with Gasteiger partial charge in [-0.2, -0.15) is 0 Å². The molecular formula is C18H25NO2. The molecule has 1 heterocycles. The minimum absolute atomic E-state index is 0.0446. The van der Waals surface area contributed by atoms with Crippen molar-refractivity contribution >= 4 is 5.91 Å². The van der Waals surface area contributed by atoms with Gasteiger partial charge >= 0.3 is 0 Å². The smallest absolute Gasteiger partial charge is 0.248 e. The molecule has 0 N–H and O–H groups in total. The van der Waals surface area contributed by atoms with Crippen molar-refractivity contribution in [3.63, 3.8) is 0 Å². The summed E-state index contributed by atoms with van der Waals surface area (Å²) in [6.45, 7) is 7.13. The maximum absolute atomic E-state index is 12.4. The summed E-state index contributed by atoms with van der Waals surface area (Å²) in [7, 11) is 0. The number of rotatable bonds is 5. The Morgan fingerprint density at radius 2 is 2.10 bits per heavy atom. The molecule has 1 saturated heterocycles. The first-order valence-electron chi connectivity index (χ1n) is 7.88. The van der Waals surface area contributed by atoms with Gasteiger partial charge in [0.15, 0.2) is 5.72 Å². The van der Waals surface area contributed by atoms with E-state index < -0.39 is 5.72 Å². The quantitative estimate of drug-likeness (QED) is 0.770. The lowest BCUT2D eigenvalue weighted by atomic mass is 9.95. The highest BCUT2D eigenvalue weighted by Gasteiger charge is 2.42. The summed E-state index contributed by atoms with van der Waals surface area (Å²) in [4.78, 5) is 14.3. The van der Waals surface area contributed by atoms with Crippen LogP contribution in [0, 0.1) is 0 Å². The second kappa shape index (κ2) is 7.41. The Balaban J connectivity index is 2.46. The van der Waals surface area contributed by atoms with Crippen LogP contribution in [-0.2, 0) is 15.3 Å². The van der Waals surface area contributed by atoms with Crippen molar-refractivity contribution in [3.05, 3.63) is 48.6 Å². The summed E-state index contributed by atoms with van der Waals surface area (Å²) >= 11 is 0. The molecule has 2 rings (SSSR count). The second-order valence-electron chi connectivity index (χ2n) is 5.50. The first kappa shape index (κ1) is 15.8. The van der Waals surface area contributed by atoms with E-state index in [9.17, 15) is 4.79 Å². The van der Waals surface area contributed by atoms with E-state index in [1.54, 1.807) is 0 Å². The van der Waals surface area contributed by atoms with Gasteiger partial charge < -0.3 is 9.64 Å². The molecule has 0 saturated carbocycles. The van der Waals surface area contributed by atoms with E-state index in [0.29, 0.717) is 6.61 Å². The zero-order valence-corrected chi connectivity index (χ0v) is 12.9. The molecule has 1 aromatic carbocycles. The summed E-state index contributed by atoms with van der Waals surface area (Å²) in [5.74, 6) is -0.0446. The Morgan fingerprint density at radius 1 is 1.33 bits per heavy atom. The third-order valence-electron chi connectivity index (χ3n) is 4.04. The lowest BCUT2D eigenvalue weighted by Crippen LogP contribution is -2.50. The number of carbonyl (C=O) groups is 1. The molecule has 114 valence electrons. The second-order valence-corrected chi connectivity index (χ2v) is 5.50. The molecule has 1 atom stereocenters. The molecule has 1 amide bonds. The molecule has 3 nitrogen and oxygen atoms in total. The zero-order chi connectivity index (χ0) is 15.1. The van der Waals surface area contributed by atoms with Crippen LogP contribution >= 0.6 is 0 Å². The Morgan fingerprint density at radius 3 is 2.76 bits per heavy atom. The molecule has 3 heteroatoms. The van der Waals surface area contributed by atoms with Crippen LogP contribution in [0.25, 0.3) is 0 Å². The predicted molar refractivity (Wildman–Crippen MR) is 84.7 cm³/mol. The van der Waals surface area contributed by atoms with Gasteiger partial charge in [-0.05, 0) is 31.8 Å². The molecular weight excluding hydrogens is 262 g/mol. The normalized spacial score (nSPS) is 22.6. The highest BCUT2D eigenvalue weighted by atomic mass is 16.5. The van der Waals surface area contributed by atoms with E-state index in [2.05, 4.69) is 25.6 Å². The number of amides is 1. The van der Waals surface area contributed by atoms with Crippen molar-refractivity contribution in [2.45, 2.75) is 44.8 Å². The first-order chi connectivity index (χ1) is 10.2. The zero-order valence-electron chi connectivity index (χ0n) is 12.9. The van der Waals surface area contributed by atoms with Crippen LogP contribution in [0.5, 0.6) is 0 Å². The van der Waals surface area contributed by atoms with Gasteiger partial charge in [-0.3, -0.25) is 4.79 Å². The van der Waals surface area contributed by atoms with Crippen molar-refractivity contribution < 1.29 is 9.53 Å². The Labute approximate surface area is 127 Å². The molecule has 21 heavy (non-hydrogen) atoms. The Bertz CT molecular complexity index is 471. The number of hydrogen-bond acceptors (Lipinski definition) is 2. The molecule has 1 fully saturated rings. The number of hydrogen-bond donors (Lipinski definition) is 0. The van der Waals surface area contributed by atoms with E-state index in [1.807, 2.05) is 23.1 Å². The minimum Gasteiger partial charge on any atom is -0.351 e. The predicted octanol–water partition coefficient (Wildman–Crippen LogP) is 3.85. The van der Waals surface area contributed by atoms with Gasteiger partial charge in [0.1, 0.15) is 0 Å². The van der Waals surface area contributed by atoms with E-state index in [0.717, 1.165) is 44.2 Å². The fourth-order valence-corrected chi connectivity index (χ4v) is 3.03. The molecule has 0 aromatic heterocycles. The van der Waals surface area contributed by atoms with Gasteiger partial charge in [-0.25, -0.2) is 0 Å². The number of nitrogens with zero attached hydrogens (tertiary/aromatic N) is 1. The van der Waals surface area contributed by atoms with Gasteiger partial charge in [0, 0.05) is 18.7 Å². The monoisotopic (exact) mass is 287 g/mol. The van der Waals surface area contributed by atoms with Crippen LogP contribution in [0.3, 0.4) is 0 Å². The fourth-order valence-electron chi connectivity index (χ4n) is 3.03. The topological polar surface area (TPSA) is 29.5 Å². The maximum Gasteiger partial charge on any atom is 0.248 e. The SMILES string of the molecule is C=CC(=O)N1CCCCCC1(OCCC)c1ccccc1. The Hall–Kier alpha value is -1.61. The van der Waals surface area contributed by atoms with Crippen LogP contribution in [0.4, 0.5) is 0 Å². The summed E-state index contributed by atoms with van der Waals surface area (Å²) in [5.41, 5.74) is 0.425. The molecule has 1 aliphatic heterocycles. The van der Waals surface area contributed by atoms with Crippen LogP contribution in [-0.4, -0.2) is 24.0 Å². The van der Waals surface area contributed by atoms with Crippen LogP contribution in [0.2, 0.25) is 0 Å². The molecule has 0 aliphatic carbocycles. The number of carbonyl (C=O) groups excluding carboxylic acids is 1. The first-order valence-corrected chi connectivity index (χ1v) is 7.88. The van der Waals surface area contributed by atoms with E-state index in [4.69, 9.17) is 4.74 Å². The molecule has 0 radical (unpaired) electrons. The highest BCUT2D eigenvalue weighted by Crippen LogP contribution is 2.38. The number of ether oxygens (including phenoxy) is 1. The molecule has 0 spiro atoms. The molecule has 1 aromatic rings. The van der Waals surface area contributed by atoms with Gasteiger partial charge in [-0.1, -0.05) is 50.3 Å². The summed E-state index contributed by atoms with van der Waals surface area (Å²) in [5, 5.41) is 0. The average molecular weight is 287 g/mol. The van der Waals surface area contributed by atoms with Gasteiger partial charge in [0.2, 0.25) is 5.91 Å². The standard InChI is InChI=1S/C18H25NO2/c1-3-15-21-18(16-11-7-5-8-12-16)13-9-6-10-14-19(18)17(20)4-2/h4-5,7-8,11-12H,2-3,6,9-10,13-15H2,1H3. The minimum atomic E-state index is -0.640. The van der Waals surface area contributed by atoms with Crippen molar-refractivity contribution in [3.8, 4) is 0 Å². The lowest BCUT2D eigenvalue weighted by Gasteiger charge is -2.42. The maximum atomic E-state index is 12.4. The van der Waals surface area contributed by atoms with Gasteiger partial charge in [-0.15, -0.1) is 0 Å². The summed E-state index contributed by atoms with van der Waals surface area (Å²) < 4.78 is 6.28. The van der Waals surface area contributed by atoms with Crippen molar-refractivity contribution in [2.75, 3.05) is 13.2 Å². The number of benzene rings is 1. The lowest BCUT2D eigenvalue weighted by molar-refractivity contribution is -0.179. The third kappa shape index (κ3) is 3.35. The third-order valence-corrected chi connectivity index (χ3v) is 4.04. The van der Waals surface area contributed by atoms with E-state index >= 15 is 0 Å². The summed E-state index contributed by atoms with van der Waals surface area (Å²) in [6.07, 6.45) is 6.40. The van der Waals surface area contributed by atoms with Crippen LogP contribution in [0.1, 0.15) is 44.6 Å². The Kier molecular flexibility index (Phi) is 5.57. The largest absolute Gasteiger partial charge is 0.351 e. The van der Waals surface area contributed by atoms with Gasteiger partial charge in [0.05, 0.1) is 0 Å². The van der Waals surface area contributed by atoms with Crippen LogP contribution in [0.15, 0.2) is 43.0 Å². The fraction of sp³-hybridized carbons (Fsp3) is 0.500. The highest BCUT2D eigenvalue weighted by molar-refractivity contribution is 5.87. The van der Waals surface area contributed by atoms with E-state index in [1.165, 1.54) is 6.08 Å².